The lowest BCUT2D eigenvalue weighted by Crippen LogP contribution is -2.50. The van der Waals surface area contributed by atoms with Gasteiger partial charge in [0.25, 0.3) is 0 Å². The van der Waals surface area contributed by atoms with Gasteiger partial charge in [-0.3, -0.25) is 14.7 Å². The molecule has 0 bridgehead atoms. The zero-order valence-corrected chi connectivity index (χ0v) is 18.0. The maximum atomic E-state index is 11.5. The van der Waals surface area contributed by atoms with Gasteiger partial charge in [0.05, 0.1) is 12.6 Å². The topological polar surface area (TPSA) is 78.0 Å². The normalized spacial score (nSPS) is 20.1. The zero-order valence-electron chi connectivity index (χ0n) is 18.0. The average molecular weight is 396 g/mol. The van der Waals surface area contributed by atoms with Gasteiger partial charge in [0, 0.05) is 46.4 Å². The Morgan fingerprint density at radius 2 is 1.82 bits per heavy atom. The molecule has 0 unspecified atom stereocenters. The molecule has 0 aromatic heterocycles. The third-order valence-electron chi connectivity index (χ3n) is 5.82. The lowest BCUT2D eigenvalue weighted by Gasteiger charge is -2.32. The van der Waals surface area contributed by atoms with E-state index in [1.807, 2.05) is 7.05 Å². The fourth-order valence-electron chi connectivity index (χ4n) is 4.00. The number of hydrogen-bond acceptors (Lipinski definition) is 4. The van der Waals surface area contributed by atoms with E-state index in [9.17, 15) is 4.79 Å². The van der Waals surface area contributed by atoms with E-state index in [2.05, 4.69) is 25.8 Å². The highest BCUT2D eigenvalue weighted by atomic mass is 16.5. The largest absolute Gasteiger partial charge is 0.378 e. The van der Waals surface area contributed by atoms with Gasteiger partial charge in [-0.15, -0.1) is 0 Å². The van der Waals surface area contributed by atoms with E-state index in [0.717, 1.165) is 57.9 Å². The zero-order chi connectivity index (χ0) is 20.0. The van der Waals surface area contributed by atoms with Gasteiger partial charge in [0.1, 0.15) is 0 Å². The summed E-state index contributed by atoms with van der Waals surface area (Å²) in [7, 11) is 3.52. The molecule has 1 amide bonds. The molecule has 2 fully saturated rings. The standard InChI is InChI=1S/C21H41N5O2/c1-22-20(27)17-26-14-11-18(12-15-26)25-21(23-2)24-13-7-4-8-16-28-19-9-5-3-6-10-19/h18-19H,3-17H2,1-2H3,(H,22,27)(H2,23,24,25). The number of amides is 1. The van der Waals surface area contributed by atoms with Crippen LogP contribution in [-0.2, 0) is 9.53 Å². The van der Waals surface area contributed by atoms with Crippen LogP contribution in [-0.4, -0.2) is 75.8 Å². The molecular weight excluding hydrogens is 354 g/mol. The number of rotatable bonds is 10. The SMILES string of the molecule is CN=C(NCCCCCOC1CCCCC1)NC1CCN(CC(=O)NC)CC1. The Kier molecular flexibility index (Phi) is 11.3. The van der Waals surface area contributed by atoms with E-state index >= 15 is 0 Å². The summed E-state index contributed by atoms with van der Waals surface area (Å²) in [4.78, 5) is 18.0. The van der Waals surface area contributed by atoms with Crippen molar-refractivity contribution in [1.82, 2.24) is 20.9 Å². The molecule has 0 radical (unpaired) electrons. The highest BCUT2D eigenvalue weighted by molar-refractivity contribution is 5.80. The first-order valence-electron chi connectivity index (χ1n) is 11.2. The maximum Gasteiger partial charge on any atom is 0.233 e. The van der Waals surface area contributed by atoms with Crippen molar-refractivity contribution < 1.29 is 9.53 Å². The van der Waals surface area contributed by atoms with Crippen LogP contribution in [0.3, 0.4) is 0 Å². The molecular formula is C21H41N5O2. The van der Waals surface area contributed by atoms with Crippen LogP contribution in [0.2, 0.25) is 0 Å². The number of piperidine rings is 1. The van der Waals surface area contributed by atoms with Crippen LogP contribution >= 0.6 is 0 Å². The molecule has 0 atom stereocenters. The first-order chi connectivity index (χ1) is 13.7. The molecule has 3 N–H and O–H groups in total. The molecule has 162 valence electrons. The third kappa shape index (κ3) is 9.24. The number of likely N-dealkylation sites (tertiary alicyclic amines) is 1. The number of unbranched alkanes of at least 4 members (excludes halogenated alkanes) is 2. The third-order valence-corrected chi connectivity index (χ3v) is 5.82. The highest BCUT2D eigenvalue weighted by Crippen LogP contribution is 2.20. The first-order valence-corrected chi connectivity index (χ1v) is 11.2. The van der Waals surface area contributed by atoms with Gasteiger partial charge in [0.2, 0.25) is 5.91 Å². The van der Waals surface area contributed by atoms with E-state index in [-0.39, 0.29) is 5.91 Å². The first kappa shape index (κ1) is 22.9. The van der Waals surface area contributed by atoms with Crippen molar-refractivity contribution in [2.45, 2.75) is 76.4 Å². The molecule has 7 heteroatoms. The summed E-state index contributed by atoms with van der Waals surface area (Å²) < 4.78 is 5.99. The second-order valence-corrected chi connectivity index (χ2v) is 8.06. The number of guanidine groups is 1. The summed E-state index contributed by atoms with van der Waals surface area (Å²) in [6.45, 7) is 4.25. The molecule has 0 spiro atoms. The van der Waals surface area contributed by atoms with Crippen LogP contribution in [0.15, 0.2) is 4.99 Å². The van der Waals surface area contributed by atoms with Crippen molar-refractivity contribution in [3.05, 3.63) is 0 Å². The quantitative estimate of drug-likeness (QED) is 0.299. The van der Waals surface area contributed by atoms with Crippen LogP contribution in [0.25, 0.3) is 0 Å². The second-order valence-electron chi connectivity index (χ2n) is 8.06. The lowest BCUT2D eigenvalue weighted by molar-refractivity contribution is -0.122. The van der Waals surface area contributed by atoms with Gasteiger partial charge in [0.15, 0.2) is 5.96 Å². The number of ether oxygens (including phenoxy) is 1. The predicted molar refractivity (Wildman–Crippen MR) is 115 cm³/mol. The van der Waals surface area contributed by atoms with Crippen molar-refractivity contribution in [2.24, 2.45) is 4.99 Å². The summed E-state index contributed by atoms with van der Waals surface area (Å²) in [5.74, 6) is 0.983. The monoisotopic (exact) mass is 395 g/mol. The molecule has 7 nitrogen and oxygen atoms in total. The van der Waals surface area contributed by atoms with Crippen LogP contribution in [0.5, 0.6) is 0 Å². The Morgan fingerprint density at radius 3 is 2.50 bits per heavy atom. The number of carbonyl (C=O) groups is 1. The minimum atomic E-state index is 0.0908. The Hall–Kier alpha value is -1.34. The highest BCUT2D eigenvalue weighted by Gasteiger charge is 2.21. The van der Waals surface area contributed by atoms with Crippen LogP contribution < -0.4 is 16.0 Å². The van der Waals surface area contributed by atoms with Crippen molar-refractivity contribution in [2.75, 3.05) is 46.9 Å². The van der Waals surface area contributed by atoms with E-state index < -0.39 is 0 Å². The maximum absolute atomic E-state index is 11.5. The number of aliphatic imine (C=N–C) groups is 1. The summed E-state index contributed by atoms with van der Waals surface area (Å²) in [6.07, 6.45) is 12.7. The fraction of sp³-hybridized carbons (Fsp3) is 0.905. The fourth-order valence-corrected chi connectivity index (χ4v) is 4.00. The number of nitrogens with zero attached hydrogens (tertiary/aromatic N) is 2. The van der Waals surface area contributed by atoms with E-state index in [4.69, 9.17) is 4.74 Å². The van der Waals surface area contributed by atoms with Crippen LogP contribution in [0, 0.1) is 0 Å². The van der Waals surface area contributed by atoms with Gasteiger partial charge in [-0.05, 0) is 44.9 Å². The molecule has 2 aliphatic rings. The lowest BCUT2D eigenvalue weighted by atomic mass is 9.98. The Bertz CT molecular complexity index is 458. The van der Waals surface area contributed by atoms with Crippen molar-refractivity contribution in [1.29, 1.82) is 0 Å². The van der Waals surface area contributed by atoms with Gasteiger partial charge < -0.3 is 20.7 Å². The molecule has 1 heterocycles. The summed E-state index contributed by atoms with van der Waals surface area (Å²) in [6, 6.07) is 0.427. The molecule has 28 heavy (non-hydrogen) atoms. The summed E-state index contributed by atoms with van der Waals surface area (Å²) in [5.41, 5.74) is 0. The Balaban J connectivity index is 1.48. The minimum absolute atomic E-state index is 0.0908. The molecule has 1 aliphatic heterocycles. The van der Waals surface area contributed by atoms with Gasteiger partial charge >= 0.3 is 0 Å². The van der Waals surface area contributed by atoms with Crippen molar-refractivity contribution in [3.63, 3.8) is 0 Å². The number of likely N-dealkylation sites (N-methyl/N-ethyl adjacent to an activating group) is 1. The summed E-state index contributed by atoms with van der Waals surface area (Å²) >= 11 is 0. The molecule has 0 aromatic rings. The number of nitrogens with one attached hydrogen (secondary N) is 3. The smallest absolute Gasteiger partial charge is 0.233 e. The van der Waals surface area contributed by atoms with Crippen LogP contribution in [0.1, 0.15) is 64.2 Å². The predicted octanol–water partition coefficient (Wildman–Crippen LogP) is 1.88. The Labute approximate surface area is 171 Å². The van der Waals surface area contributed by atoms with Crippen molar-refractivity contribution >= 4 is 11.9 Å². The number of hydrogen-bond donors (Lipinski definition) is 3. The molecule has 1 aliphatic carbocycles. The van der Waals surface area contributed by atoms with Crippen LogP contribution in [0.4, 0.5) is 0 Å². The molecule has 0 aromatic carbocycles. The van der Waals surface area contributed by atoms with Crippen molar-refractivity contribution in [3.8, 4) is 0 Å². The van der Waals surface area contributed by atoms with E-state index in [1.165, 1.54) is 38.5 Å². The van der Waals surface area contributed by atoms with E-state index in [0.29, 0.717) is 18.7 Å². The number of carbonyl (C=O) groups excluding carboxylic acids is 1. The van der Waals surface area contributed by atoms with E-state index in [1.54, 1.807) is 7.05 Å². The molecule has 1 saturated heterocycles. The average Bonchev–Trinajstić information content (AvgIpc) is 2.74. The molecule has 2 rings (SSSR count). The Morgan fingerprint density at radius 1 is 1.07 bits per heavy atom. The summed E-state index contributed by atoms with van der Waals surface area (Å²) in [5, 5.41) is 9.64. The second kappa shape index (κ2) is 13.8. The minimum Gasteiger partial charge on any atom is -0.378 e. The van der Waals surface area contributed by atoms with Gasteiger partial charge in [-0.2, -0.15) is 0 Å². The van der Waals surface area contributed by atoms with Gasteiger partial charge in [-0.25, -0.2) is 0 Å². The molecule has 1 saturated carbocycles. The van der Waals surface area contributed by atoms with Gasteiger partial charge in [-0.1, -0.05) is 19.3 Å².